The van der Waals surface area contributed by atoms with Gasteiger partial charge in [-0.2, -0.15) is 0 Å². The number of para-hydroxylation sites is 2. The number of carbonyl (C=O) groups excluding carboxylic acids is 1. The fourth-order valence-corrected chi connectivity index (χ4v) is 5.10. The number of rotatable bonds is 5. The van der Waals surface area contributed by atoms with Gasteiger partial charge in [0.25, 0.3) is 5.56 Å². The molecular weight excluding hydrogens is 354 g/mol. The molecule has 0 saturated carbocycles. The van der Waals surface area contributed by atoms with Gasteiger partial charge in [-0.3, -0.25) is 14.2 Å². The first kappa shape index (κ1) is 18.6. The number of amides is 1. The number of benzene rings is 1. The van der Waals surface area contributed by atoms with E-state index in [0.717, 1.165) is 0 Å². The van der Waals surface area contributed by atoms with E-state index < -0.39 is 9.84 Å². The van der Waals surface area contributed by atoms with Gasteiger partial charge in [0, 0.05) is 12.6 Å². The van der Waals surface area contributed by atoms with Crippen molar-refractivity contribution < 1.29 is 13.2 Å². The number of hydrogen-bond donors (Lipinski definition) is 0. The van der Waals surface area contributed by atoms with E-state index in [9.17, 15) is 18.0 Å². The van der Waals surface area contributed by atoms with Gasteiger partial charge >= 0.3 is 0 Å². The van der Waals surface area contributed by atoms with Crippen LogP contribution in [0.5, 0.6) is 0 Å². The van der Waals surface area contributed by atoms with Gasteiger partial charge in [-0.25, -0.2) is 13.4 Å². The molecule has 1 atom stereocenters. The largest absolute Gasteiger partial charge is 0.337 e. The van der Waals surface area contributed by atoms with Gasteiger partial charge in [-0.15, -0.1) is 0 Å². The Morgan fingerprint density at radius 3 is 2.73 bits per heavy atom. The maximum atomic E-state index is 13.0. The van der Waals surface area contributed by atoms with Crippen LogP contribution in [-0.4, -0.2) is 52.9 Å². The molecule has 8 heteroatoms. The topological polar surface area (TPSA) is 89.3 Å². The summed E-state index contributed by atoms with van der Waals surface area (Å²) in [5, 5.41) is 0. The molecule has 140 valence electrons. The average Bonchev–Trinajstić information content (AvgIpc) is 2.94. The van der Waals surface area contributed by atoms with Crippen LogP contribution in [0.4, 0.5) is 0 Å². The second kappa shape index (κ2) is 7.19. The highest BCUT2D eigenvalue weighted by Gasteiger charge is 2.35. The molecule has 0 N–H and O–H groups in total. The summed E-state index contributed by atoms with van der Waals surface area (Å²) in [5.74, 6) is 0.0715. The molecule has 0 unspecified atom stereocenters. The third kappa shape index (κ3) is 3.95. The lowest BCUT2D eigenvalue weighted by atomic mass is 10.1. The number of hydrogen-bond acceptors (Lipinski definition) is 5. The summed E-state index contributed by atoms with van der Waals surface area (Å²) < 4.78 is 25.1. The predicted molar refractivity (Wildman–Crippen MR) is 99.6 cm³/mol. The minimum atomic E-state index is -3.10. The van der Waals surface area contributed by atoms with Crippen molar-refractivity contribution in [2.75, 3.05) is 18.1 Å². The molecule has 0 spiro atoms. The van der Waals surface area contributed by atoms with Crippen LogP contribution in [0.3, 0.4) is 0 Å². The summed E-state index contributed by atoms with van der Waals surface area (Å²) in [6.45, 7) is 4.32. The molecule has 2 aromatic rings. The van der Waals surface area contributed by atoms with Crippen LogP contribution in [0, 0.1) is 5.92 Å². The summed E-state index contributed by atoms with van der Waals surface area (Å²) >= 11 is 0. The van der Waals surface area contributed by atoms with E-state index in [1.165, 1.54) is 10.8 Å². The average molecular weight is 377 g/mol. The summed E-state index contributed by atoms with van der Waals surface area (Å²) in [5.41, 5.74) is 0.885. The molecule has 0 aliphatic carbocycles. The molecule has 0 radical (unpaired) electrons. The quantitative estimate of drug-likeness (QED) is 0.777. The molecule has 7 nitrogen and oxygen atoms in total. The van der Waals surface area contributed by atoms with Crippen molar-refractivity contribution in [3.63, 3.8) is 0 Å². The highest BCUT2D eigenvalue weighted by molar-refractivity contribution is 7.91. The van der Waals surface area contributed by atoms with Crippen molar-refractivity contribution in [2.45, 2.75) is 32.9 Å². The van der Waals surface area contributed by atoms with Crippen LogP contribution in [-0.2, 0) is 21.2 Å². The molecule has 26 heavy (non-hydrogen) atoms. The first-order valence-electron chi connectivity index (χ1n) is 8.71. The van der Waals surface area contributed by atoms with Crippen molar-refractivity contribution in [1.82, 2.24) is 14.5 Å². The maximum absolute atomic E-state index is 13.0. The second-order valence-corrected chi connectivity index (χ2v) is 9.40. The van der Waals surface area contributed by atoms with E-state index in [1.807, 2.05) is 19.9 Å². The van der Waals surface area contributed by atoms with Gasteiger partial charge < -0.3 is 4.90 Å². The van der Waals surface area contributed by atoms with Crippen LogP contribution >= 0.6 is 0 Å². The zero-order chi connectivity index (χ0) is 18.9. The number of sulfone groups is 1. The van der Waals surface area contributed by atoms with E-state index in [4.69, 9.17) is 0 Å². The summed E-state index contributed by atoms with van der Waals surface area (Å²) in [7, 11) is -3.10. The molecule has 1 aromatic heterocycles. The lowest BCUT2D eigenvalue weighted by Gasteiger charge is -2.30. The van der Waals surface area contributed by atoms with Crippen molar-refractivity contribution in [2.24, 2.45) is 5.92 Å². The van der Waals surface area contributed by atoms with Crippen LogP contribution in [0.2, 0.25) is 0 Å². The predicted octanol–water partition coefficient (Wildman–Crippen LogP) is 1.07. The Labute approximate surface area is 152 Å². The molecule has 1 fully saturated rings. The summed E-state index contributed by atoms with van der Waals surface area (Å²) in [6, 6.07) is 6.83. The normalized spacial score (nSPS) is 19.1. The molecule has 2 heterocycles. The number of nitrogens with zero attached hydrogens (tertiary/aromatic N) is 3. The highest BCUT2D eigenvalue weighted by Crippen LogP contribution is 2.20. The van der Waals surface area contributed by atoms with E-state index in [-0.39, 0.29) is 41.5 Å². The Hall–Kier alpha value is -2.22. The third-order valence-electron chi connectivity index (χ3n) is 4.58. The lowest BCUT2D eigenvalue weighted by molar-refractivity contribution is -0.134. The van der Waals surface area contributed by atoms with Gasteiger partial charge in [0.15, 0.2) is 9.84 Å². The molecule has 1 aromatic carbocycles. The van der Waals surface area contributed by atoms with E-state index >= 15 is 0 Å². The van der Waals surface area contributed by atoms with E-state index in [1.54, 1.807) is 23.1 Å². The van der Waals surface area contributed by atoms with Gasteiger partial charge in [-0.05, 0) is 24.5 Å². The van der Waals surface area contributed by atoms with Crippen molar-refractivity contribution >= 4 is 26.8 Å². The number of aromatic nitrogens is 2. The molecular formula is C18H23N3O4S. The molecule has 0 bridgehead atoms. The van der Waals surface area contributed by atoms with Crippen molar-refractivity contribution in [3.8, 4) is 0 Å². The zero-order valence-corrected chi connectivity index (χ0v) is 15.8. The summed E-state index contributed by atoms with van der Waals surface area (Å²) in [4.78, 5) is 31.0. The molecule has 1 amide bonds. The number of carbonyl (C=O) groups is 1. The minimum Gasteiger partial charge on any atom is -0.337 e. The third-order valence-corrected chi connectivity index (χ3v) is 6.33. The van der Waals surface area contributed by atoms with Crippen molar-refractivity contribution in [1.29, 1.82) is 0 Å². The fourth-order valence-electron chi connectivity index (χ4n) is 3.37. The monoisotopic (exact) mass is 377 g/mol. The minimum absolute atomic E-state index is 0.00253. The Bertz CT molecular complexity index is 981. The van der Waals surface area contributed by atoms with Gasteiger partial charge in [0.2, 0.25) is 5.91 Å². The van der Waals surface area contributed by atoms with Crippen LogP contribution in [0.1, 0.15) is 20.3 Å². The SMILES string of the molecule is CC(C)CN(C(=O)Cn1c(=O)cnc2ccccc21)[C@H]1CCS(=O)(=O)C1. The highest BCUT2D eigenvalue weighted by atomic mass is 32.2. The molecule has 1 aliphatic rings. The van der Waals surface area contributed by atoms with E-state index in [2.05, 4.69) is 4.98 Å². The maximum Gasteiger partial charge on any atom is 0.269 e. The smallest absolute Gasteiger partial charge is 0.269 e. The zero-order valence-electron chi connectivity index (χ0n) is 15.0. The lowest BCUT2D eigenvalue weighted by Crippen LogP contribution is -2.45. The summed E-state index contributed by atoms with van der Waals surface area (Å²) in [6.07, 6.45) is 1.66. The standard InChI is InChI=1S/C18H23N3O4S/c1-13(2)10-20(14-7-8-26(24,25)12-14)18(23)11-21-16-6-4-3-5-15(16)19-9-17(21)22/h3-6,9,13-14H,7-8,10-12H2,1-2H3/t14-/m0/s1. The van der Waals surface area contributed by atoms with Crippen LogP contribution < -0.4 is 5.56 Å². The van der Waals surface area contributed by atoms with Crippen LogP contribution in [0.25, 0.3) is 11.0 Å². The molecule has 1 saturated heterocycles. The Morgan fingerprint density at radius 1 is 1.35 bits per heavy atom. The molecule has 3 rings (SSSR count). The van der Waals surface area contributed by atoms with Gasteiger partial charge in [0.1, 0.15) is 6.54 Å². The number of fused-ring (bicyclic) bond motifs is 1. The van der Waals surface area contributed by atoms with Crippen LogP contribution in [0.15, 0.2) is 35.3 Å². The van der Waals surface area contributed by atoms with Gasteiger partial charge in [0.05, 0.1) is 28.7 Å². The Morgan fingerprint density at radius 2 is 2.08 bits per heavy atom. The molecule has 1 aliphatic heterocycles. The second-order valence-electron chi connectivity index (χ2n) is 7.17. The Balaban J connectivity index is 1.91. The van der Waals surface area contributed by atoms with Gasteiger partial charge in [-0.1, -0.05) is 26.0 Å². The van der Waals surface area contributed by atoms with E-state index in [0.29, 0.717) is 24.0 Å². The first-order valence-corrected chi connectivity index (χ1v) is 10.5. The fraction of sp³-hybridized carbons (Fsp3) is 0.500. The van der Waals surface area contributed by atoms with Crippen molar-refractivity contribution in [3.05, 3.63) is 40.8 Å². The Kier molecular flexibility index (Phi) is 5.13. The first-order chi connectivity index (χ1) is 12.3.